The Kier molecular flexibility index (Phi) is 6.39. The third-order valence-electron chi connectivity index (χ3n) is 4.26. The van der Waals surface area contributed by atoms with E-state index in [-0.39, 0.29) is 25.4 Å². The Balaban J connectivity index is 1.43. The van der Waals surface area contributed by atoms with Crippen LogP contribution >= 0.6 is 0 Å². The van der Waals surface area contributed by atoms with Crippen molar-refractivity contribution in [1.29, 1.82) is 0 Å². The minimum atomic E-state index is -0.579. The van der Waals surface area contributed by atoms with Gasteiger partial charge >= 0.3 is 11.6 Å². The molecule has 0 aliphatic carbocycles. The van der Waals surface area contributed by atoms with E-state index in [2.05, 4.69) is 0 Å². The Bertz CT molecular complexity index is 1080. The van der Waals surface area contributed by atoms with E-state index in [0.717, 1.165) is 10.9 Å². The second kappa shape index (κ2) is 9.14. The van der Waals surface area contributed by atoms with Crippen LogP contribution in [0.15, 0.2) is 57.7 Å². The number of halogens is 1. The second-order valence-electron chi connectivity index (χ2n) is 6.45. The van der Waals surface area contributed by atoms with Crippen LogP contribution in [0.3, 0.4) is 0 Å². The zero-order valence-corrected chi connectivity index (χ0v) is 15.8. The van der Waals surface area contributed by atoms with Crippen molar-refractivity contribution in [3.05, 3.63) is 75.9 Å². The third-order valence-corrected chi connectivity index (χ3v) is 4.26. The van der Waals surface area contributed by atoms with Crippen molar-refractivity contribution in [3.8, 4) is 5.75 Å². The molecule has 150 valence electrons. The minimum absolute atomic E-state index is 0.0704. The number of hydrogen-bond acceptors (Lipinski definition) is 6. The van der Waals surface area contributed by atoms with Gasteiger partial charge in [0.25, 0.3) is 0 Å². The fraction of sp³-hybridized carbons (Fsp3) is 0.227. The van der Waals surface area contributed by atoms with Gasteiger partial charge in [-0.2, -0.15) is 0 Å². The molecule has 0 atom stereocenters. The summed E-state index contributed by atoms with van der Waals surface area (Å²) < 4.78 is 28.4. The Labute approximate surface area is 165 Å². The van der Waals surface area contributed by atoms with Crippen molar-refractivity contribution in [2.24, 2.45) is 0 Å². The quantitative estimate of drug-likeness (QED) is 0.248. The second-order valence-corrected chi connectivity index (χ2v) is 6.45. The SMILES string of the molecule is Cc1cc(=O)oc2cc(OCC(=O)OCCCC(=O)c3ccc(F)cc3)ccc12. The van der Waals surface area contributed by atoms with E-state index in [1.165, 1.54) is 30.3 Å². The smallest absolute Gasteiger partial charge is 0.344 e. The first-order chi connectivity index (χ1) is 13.9. The van der Waals surface area contributed by atoms with Crippen LogP contribution in [0, 0.1) is 12.7 Å². The van der Waals surface area contributed by atoms with Gasteiger partial charge in [-0.3, -0.25) is 4.79 Å². The molecule has 0 aliphatic rings. The highest BCUT2D eigenvalue weighted by atomic mass is 19.1. The molecule has 0 saturated carbocycles. The van der Waals surface area contributed by atoms with Crippen molar-refractivity contribution < 1.29 is 27.9 Å². The highest BCUT2D eigenvalue weighted by Gasteiger charge is 2.09. The first kappa shape index (κ1) is 20.3. The number of esters is 1. The molecule has 0 saturated heterocycles. The molecule has 0 fully saturated rings. The zero-order valence-electron chi connectivity index (χ0n) is 15.8. The van der Waals surface area contributed by atoms with Gasteiger partial charge in [0.15, 0.2) is 12.4 Å². The number of ether oxygens (including phenoxy) is 2. The number of rotatable bonds is 8. The van der Waals surface area contributed by atoms with E-state index >= 15 is 0 Å². The van der Waals surface area contributed by atoms with E-state index in [4.69, 9.17) is 13.9 Å². The van der Waals surface area contributed by atoms with Gasteiger partial charge in [0.2, 0.25) is 0 Å². The predicted molar refractivity (Wildman–Crippen MR) is 104 cm³/mol. The monoisotopic (exact) mass is 398 g/mol. The largest absolute Gasteiger partial charge is 0.482 e. The molecule has 0 radical (unpaired) electrons. The summed E-state index contributed by atoms with van der Waals surface area (Å²) >= 11 is 0. The van der Waals surface area contributed by atoms with E-state index in [0.29, 0.717) is 23.3 Å². The van der Waals surface area contributed by atoms with Crippen LogP contribution in [0.5, 0.6) is 5.75 Å². The van der Waals surface area contributed by atoms with E-state index in [1.807, 2.05) is 0 Å². The average molecular weight is 398 g/mol. The Hall–Kier alpha value is -3.48. The van der Waals surface area contributed by atoms with E-state index < -0.39 is 17.4 Å². The fourth-order valence-electron chi connectivity index (χ4n) is 2.78. The maximum absolute atomic E-state index is 12.9. The summed E-state index contributed by atoms with van der Waals surface area (Å²) in [6.45, 7) is 1.56. The molecule has 3 aromatic rings. The summed E-state index contributed by atoms with van der Waals surface area (Å²) in [5, 5.41) is 0.783. The molecule has 7 heteroatoms. The van der Waals surface area contributed by atoms with Crippen molar-refractivity contribution in [2.75, 3.05) is 13.2 Å². The number of carbonyl (C=O) groups is 2. The molecule has 0 amide bonds. The Morgan fingerprint density at radius 1 is 1.07 bits per heavy atom. The minimum Gasteiger partial charge on any atom is -0.482 e. The first-order valence-corrected chi connectivity index (χ1v) is 9.04. The third kappa shape index (κ3) is 5.51. The van der Waals surface area contributed by atoms with Crippen molar-refractivity contribution >= 4 is 22.7 Å². The first-order valence-electron chi connectivity index (χ1n) is 9.04. The van der Waals surface area contributed by atoms with Gasteiger partial charge in [-0.15, -0.1) is 0 Å². The van der Waals surface area contributed by atoms with Crippen LogP contribution in [0.2, 0.25) is 0 Å². The lowest BCUT2D eigenvalue weighted by Crippen LogP contribution is -2.16. The molecule has 0 unspecified atom stereocenters. The van der Waals surface area contributed by atoms with Crippen molar-refractivity contribution in [3.63, 3.8) is 0 Å². The molecule has 0 aliphatic heterocycles. The maximum atomic E-state index is 12.9. The van der Waals surface area contributed by atoms with Crippen LogP contribution in [0.4, 0.5) is 4.39 Å². The van der Waals surface area contributed by atoms with Gasteiger partial charge in [-0.25, -0.2) is 14.0 Å². The number of ketones is 1. The van der Waals surface area contributed by atoms with Crippen molar-refractivity contribution in [1.82, 2.24) is 0 Å². The molecule has 1 heterocycles. The topological polar surface area (TPSA) is 82.8 Å². The number of fused-ring (bicyclic) bond motifs is 1. The van der Waals surface area contributed by atoms with Crippen LogP contribution < -0.4 is 10.4 Å². The molecule has 0 spiro atoms. The van der Waals surface area contributed by atoms with Crippen LogP contribution in [-0.2, 0) is 9.53 Å². The lowest BCUT2D eigenvalue weighted by Gasteiger charge is -2.08. The van der Waals surface area contributed by atoms with Gasteiger partial charge in [-0.05, 0) is 55.3 Å². The van der Waals surface area contributed by atoms with Crippen molar-refractivity contribution in [2.45, 2.75) is 19.8 Å². The van der Waals surface area contributed by atoms with Gasteiger partial charge in [-0.1, -0.05) is 0 Å². The number of aryl methyl sites for hydroxylation is 1. The molecular weight excluding hydrogens is 379 g/mol. The van der Waals surface area contributed by atoms with E-state index in [1.54, 1.807) is 25.1 Å². The zero-order chi connectivity index (χ0) is 20.8. The molecule has 6 nitrogen and oxygen atoms in total. The summed E-state index contributed by atoms with van der Waals surface area (Å²) in [5.41, 5.74) is 1.12. The molecule has 3 rings (SSSR count). The van der Waals surface area contributed by atoms with E-state index in [9.17, 15) is 18.8 Å². The Morgan fingerprint density at radius 2 is 1.83 bits per heavy atom. The van der Waals surface area contributed by atoms with Gasteiger partial charge < -0.3 is 13.9 Å². The summed E-state index contributed by atoms with van der Waals surface area (Å²) in [4.78, 5) is 35.2. The summed E-state index contributed by atoms with van der Waals surface area (Å²) in [5.74, 6) is -0.760. The fourth-order valence-corrected chi connectivity index (χ4v) is 2.78. The highest BCUT2D eigenvalue weighted by molar-refractivity contribution is 5.96. The molecule has 29 heavy (non-hydrogen) atoms. The Morgan fingerprint density at radius 3 is 2.59 bits per heavy atom. The standard InChI is InChI=1S/C22H19FO6/c1-14-11-21(25)29-20-12-17(8-9-18(14)20)28-13-22(26)27-10-2-3-19(24)15-4-6-16(23)7-5-15/h4-9,11-12H,2-3,10,13H2,1H3. The average Bonchev–Trinajstić information content (AvgIpc) is 2.69. The number of hydrogen-bond donors (Lipinski definition) is 0. The molecule has 1 aromatic heterocycles. The van der Waals surface area contributed by atoms with Gasteiger partial charge in [0, 0.05) is 29.5 Å². The molecular formula is C22H19FO6. The number of benzene rings is 2. The number of carbonyl (C=O) groups excluding carboxylic acids is 2. The molecule has 0 N–H and O–H groups in total. The lowest BCUT2D eigenvalue weighted by atomic mass is 10.1. The van der Waals surface area contributed by atoms with Crippen LogP contribution in [0.25, 0.3) is 11.0 Å². The summed E-state index contributed by atoms with van der Waals surface area (Å²) in [7, 11) is 0. The molecule has 2 aromatic carbocycles. The summed E-state index contributed by atoms with van der Waals surface area (Å²) in [6, 6.07) is 11.7. The highest BCUT2D eigenvalue weighted by Crippen LogP contribution is 2.22. The maximum Gasteiger partial charge on any atom is 0.344 e. The number of Topliss-reactive ketones (excluding diaryl/α,β-unsaturated/α-hetero) is 1. The molecule has 0 bridgehead atoms. The van der Waals surface area contributed by atoms with Gasteiger partial charge in [0.05, 0.1) is 6.61 Å². The predicted octanol–water partition coefficient (Wildman–Crippen LogP) is 3.83. The normalized spacial score (nSPS) is 10.7. The van der Waals surface area contributed by atoms with Crippen LogP contribution in [-0.4, -0.2) is 25.0 Å². The lowest BCUT2D eigenvalue weighted by molar-refractivity contribution is -0.146. The van der Waals surface area contributed by atoms with Crippen LogP contribution in [0.1, 0.15) is 28.8 Å². The summed E-state index contributed by atoms with van der Waals surface area (Å²) in [6.07, 6.45) is 0.533. The van der Waals surface area contributed by atoms with Gasteiger partial charge in [0.1, 0.15) is 17.1 Å².